The van der Waals surface area contributed by atoms with Crippen LogP contribution in [0.5, 0.6) is 0 Å². The van der Waals surface area contributed by atoms with Gasteiger partial charge in [0, 0.05) is 30.2 Å². The van der Waals surface area contributed by atoms with Crippen molar-refractivity contribution in [3.63, 3.8) is 0 Å². The largest absolute Gasteiger partial charge is 0.333 e. The summed E-state index contributed by atoms with van der Waals surface area (Å²) in [5.74, 6) is -0.796. The van der Waals surface area contributed by atoms with Crippen LogP contribution in [0.25, 0.3) is 0 Å². The number of hydrogen-bond acceptors (Lipinski definition) is 2. The zero-order valence-corrected chi connectivity index (χ0v) is 12.8. The highest BCUT2D eigenvalue weighted by atomic mass is 35.5. The molecular weight excluding hydrogens is 317 g/mol. The molecule has 1 amide bonds. The van der Waals surface area contributed by atoms with Crippen LogP contribution in [-0.4, -0.2) is 15.5 Å². The van der Waals surface area contributed by atoms with E-state index in [1.54, 1.807) is 24.7 Å². The molecule has 0 fully saturated rings. The summed E-state index contributed by atoms with van der Waals surface area (Å²) in [5, 5.41) is 2.66. The van der Waals surface area contributed by atoms with Crippen LogP contribution < -0.4 is 5.32 Å². The van der Waals surface area contributed by atoms with Gasteiger partial charge in [-0.25, -0.2) is 9.37 Å². The quantitative estimate of drug-likeness (QED) is 0.787. The number of carbonyl (C=O) groups excluding carboxylic acids is 1. The minimum absolute atomic E-state index is 0.0292. The van der Waals surface area contributed by atoms with Gasteiger partial charge in [-0.15, -0.1) is 0 Å². The summed E-state index contributed by atoms with van der Waals surface area (Å²) in [7, 11) is 0. The van der Waals surface area contributed by atoms with E-state index in [1.165, 1.54) is 18.2 Å². The first-order valence-electron chi connectivity index (χ1n) is 6.93. The number of nitrogens with one attached hydrogen (secondary N) is 1. The number of anilines is 1. The van der Waals surface area contributed by atoms with Crippen molar-refractivity contribution in [3.05, 3.63) is 83.2 Å². The van der Waals surface area contributed by atoms with Crippen LogP contribution in [0.4, 0.5) is 10.1 Å². The van der Waals surface area contributed by atoms with E-state index in [-0.39, 0.29) is 10.9 Å². The maximum absolute atomic E-state index is 13.1. The predicted molar refractivity (Wildman–Crippen MR) is 87.1 cm³/mol. The number of halogens is 2. The zero-order chi connectivity index (χ0) is 16.2. The van der Waals surface area contributed by atoms with E-state index >= 15 is 0 Å². The number of rotatable bonds is 4. The van der Waals surface area contributed by atoms with Crippen molar-refractivity contribution < 1.29 is 9.18 Å². The molecule has 4 nitrogen and oxygen atoms in total. The van der Waals surface area contributed by atoms with E-state index in [4.69, 9.17) is 11.6 Å². The van der Waals surface area contributed by atoms with Gasteiger partial charge in [-0.3, -0.25) is 4.79 Å². The standard InChI is InChI=1S/C17H13ClFN3O/c18-15-9-14(5-6-16(15)19)21-17(23)13-3-1-12(2-4-13)10-22-8-7-20-11-22/h1-9,11H,10H2,(H,21,23). The van der Waals surface area contributed by atoms with Crippen molar-refractivity contribution in [1.29, 1.82) is 0 Å². The smallest absolute Gasteiger partial charge is 0.255 e. The van der Waals surface area contributed by atoms with Crippen LogP contribution in [0.15, 0.2) is 61.2 Å². The van der Waals surface area contributed by atoms with Gasteiger partial charge >= 0.3 is 0 Å². The van der Waals surface area contributed by atoms with Gasteiger partial charge in [-0.2, -0.15) is 0 Å². The van der Waals surface area contributed by atoms with Crippen molar-refractivity contribution in [2.75, 3.05) is 5.32 Å². The first kappa shape index (κ1) is 15.2. The number of aromatic nitrogens is 2. The monoisotopic (exact) mass is 329 g/mol. The second-order valence-corrected chi connectivity index (χ2v) is 5.42. The zero-order valence-electron chi connectivity index (χ0n) is 12.0. The second kappa shape index (κ2) is 6.62. The van der Waals surface area contributed by atoms with E-state index in [2.05, 4.69) is 10.3 Å². The molecule has 0 saturated heterocycles. The van der Waals surface area contributed by atoms with E-state index in [1.807, 2.05) is 22.9 Å². The molecule has 0 atom stereocenters. The molecule has 2 aromatic carbocycles. The normalized spacial score (nSPS) is 10.5. The molecule has 116 valence electrons. The first-order valence-corrected chi connectivity index (χ1v) is 7.31. The van der Waals surface area contributed by atoms with Crippen LogP contribution in [0.1, 0.15) is 15.9 Å². The van der Waals surface area contributed by atoms with Crippen LogP contribution in [0.2, 0.25) is 5.02 Å². The third-order valence-corrected chi connectivity index (χ3v) is 3.61. The number of benzene rings is 2. The molecule has 0 aliphatic carbocycles. The number of imidazole rings is 1. The van der Waals surface area contributed by atoms with Crippen molar-refractivity contribution in [3.8, 4) is 0 Å². The molecule has 0 aliphatic heterocycles. The van der Waals surface area contributed by atoms with Gasteiger partial charge in [-0.1, -0.05) is 23.7 Å². The number of hydrogen-bond donors (Lipinski definition) is 1. The van der Waals surface area contributed by atoms with E-state index in [0.29, 0.717) is 17.8 Å². The molecule has 0 aliphatic rings. The minimum Gasteiger partial charge on any atom is -0.333 e. The molecule has 0 spiro atoms. The third kappa shape index (κ3) is 3.76. The molecular formula is C17H13ClFN3O. The van der Waals surface area contributed by atoms with Crippen molar-refractivity contribution in [2.45, 2.75) is 6.54 Å². The molecule has 6 heteroatoms. The van der Waals surface area contributed by atoms with Crippen LogP contribution in [0.3, 0.4) is 0 Å². The lowest BCUT2D eigenvalue weighted by Crippen LogP contribution is -2.12. The van der Waals surface area contributed by atoms with Gasteiger partial charge in [-0.05, 0) is 35.9 Å². The Balaban J connectivity index is 1.68. The highest BCUT2D eigenvalue weighted by Gasteiger charge is 2.08. The first-order chi connectivity index (χ1) is 11.1. The topological polar surface area (TPSA) is 46.9 Å². The van der Waals surface area contributed by atoms with Gasteiger partial charge < -0.3 is 9.88 Å². The summed E-state index contributed by atoms with van der Waals surface area (Å²) in [6.45, 7) is 0.690. The maximum Gasteiger partial charge on any atom is 0.255 e. The summed E-state index contributed by atoms with van der Waals surface area (Å²) in [6.07, 6.45) is 5.33. The molecule has 1 heterocycles. The summed E-state index contributed by atoms with van der Waals surface area (Å²) < 4.78 is 15.0. The second-order valence-electron chi connectivity index (χ2n) is 5.01. The predicted octanol–water partition coefficient (Wildman–Crippen LogP) is 3.98. The SMILES string of the molecule is O=C(Nc1ccc(F)c(Cl)c1)c1ccc(Cn2ccnc2)cc1. The highest BCUT2D eigenvalue weighted by molar-refractivity contribution is 6.31. The van der Waals surface area contributed by atoms with Crippen LogP contribution in [0, 0.1) is 5.82 Å². The summed E-state index contributed by atoms with van der Waals surface area (Å²) >= 11 is 5.70. The molecule has 3 aromatic rings. The Morgan fingerprint density at radius 1 is 1.22 bits per heavy atom. The van der Waals surface area contributed by atoms with Gasteiger partial charge in [0.05, 0.1) is 11.3 Å². The Kier molecular flexibility index (Phi) is 4.39. The molecule has 0 radical (unpaired) electrons. The van der Waals surface area contributed by atoms with Gasteiger partial charge in [0.1, 0.15) is 5.82 Å². The van der Waals surface area contributed by atoms with Gasteiger partial charge in [0.25, 0.3) is 5.91 Å². The summed E-state index contributed by atoms with van der Waals surface area (Å²) in [4.78, 5) is 16.2. The lowest BCUT2D eigenvalue weighted by atomic mass is 10.1. The number of amides is 1. The van der Waals surface area contributed by atoms with E-state index < -0.39 is 5.82 Å². The Morgan fingerprint density at radius 3 is 2.65 bits per heavy atom. The van der Waals surface area contributed by atoms with Crippen LogP contribution >= 0.6 is 11.6 Å². The fourth-order valence-corrected chi connectivity index (χ4v) is 2.31. The molecule has 1 aromatic heterocycles. The Bertz CT molecular complexity index is 816. The molecule has 3 rings (SSSR count). The fourth-order valence-electron chi connectivity index (χ4n) is 2.13. The molecule has 0 bridgehead atoms. The van der Waals surface area contributed by atoms with E-state index in [9.17, 15) is 9.18 Å². The number of carbonyl (C=O) groups is 1. The van der Waals surface area contributed by atoms with Crippen molar-refractivity contribution in [2.24, 2.45) is 0 Å². The van der Waals surface area contributed by atoms with Gasteiger partial charge in [0.15, 0.2) is 0 Å². The van der Waals surface area contributed by atoms with E-state index in [0.717, 1.165) is 5.56 Å². The highest BCUT2D eigenvalue weighted by Crippen LogP contribution is 2.20. The lowest BCUT2D eigenvalue weighted by molar-refractivity contribution is 0.102. The minimum atomic E-state index is -0.520. The molecule has 23 heavy (non-hydrogen) atoms. The molecule has 1 N–H and O–H groups in total. The summed E-state index contributed by atoms with van der Waals surface area (Å²) in [5.41, 5.74) is 2.02. The fraction of sp³-hybridized carbons (Fsp3) is 0.0588. The molecule has 0 saturated carbocycles. The Labute approximate surface area is 137 Å². The van der Waals surface area contributed by atoms with Crippen molar-refractivity contribution in [1.82, 2.24) is 9.55 Å². The molecule has 0 unspecified atom stereocenters. The third-order valence-electron chi connectivity index (χ3n) is 3.32. The average Bonchev–Trinajstić information content (AvgIpc) is 3.04. The Morgan fingerprint density at radius 2 is 2.00 bits per heavy atom. The average molecular weight is 330 g/mol. The van der Waals surface area contributed by atoms with Gasteiger partial charge in [0.2, 0.25) is 0 Å². The Hall–Kier alpha value is -2.66. The number of nitrogens with zero attached hydrogens (tertiary/aromatic N) is 2. The summed E-state index contributed by atoms with van der Waals surface area (Å²) in [6, 6.07) is 11.3. The lowest BCUT2D eigenvalue weighted by Gasteiger charge is -2.07. The van der Waals surface area contributed by atoms with Crippen LogP contribution in [-0.2, 0) is 6.54 Å². The maximum atomic E-state index is 13.1. The van der Waals surface area contributed by atoms with Crippen molar-refractivity contribution >= 4 is 23.2 Å².